The lowest BCUT2D eigenvalue weighted by Gasteiger charge is -2.26. The topological polar surface area (TPSA) is 67.6 Å². The molecule has 1 fully saturated rings. The Labute approximate surface area is 118 Å². The predicted octanol–water partition coefficient (Wildman–Crippen LogP) is 2.04. The maximum Gasteiger partial charge on any atom is 0.271 e. The average molecular weight is 279 g/mol. The molecule has 1 aliphatic heterocycles. The Morgan fingerprint density at radius 3 is 2.85 bits per heavy atom. The third kappa shape index (κ3) is 4.18. The number of nitro groups is 1. The van der Waals surface area contributed by atoms with E-state index in [1.807, 2.05) is 6.92 Å². The molecule has 2 rings (SSSR count). The van der Waals surface area contributed by atoms with E-state index in [9.17, 15) is 10.1 Å². The SMILES string of the molecule is Cc1ccc([N+](=O)[O-])cc1NCCCN1CCOCC1. The summed E-state index contributed by atoms with van der Waals surface area (Å²) in [4.78, 5) is 12.8. The zero-order chi connectivity index (χ0) is 14.4. The number of ether oxygens (including phenoxy) is 1. The molecule has 0 atom stereocenters. The van der Waals surface area contributed by atoms with Crippen molar-refractivity contribution >= 4 is 11.4 Å². The van der Waals surface area contributed by atoms with Gasteiger partial charge in [-0.2, -0.15) is 0 Å². The Morgan fingerprint density at radius 1 is 1.40 bits per heavy atom. The Bertz CT molecular complexity index is 459. The number of nitro benzene ring substituents is 1. The van der Waals surface area contributed by atoms with E-state index in [2.05, 4.69) is 10.2 Å². The largest absolute Gasteiger partial charge is 0.385 e. The van der Waals surface area contributed by atoms with Crippen molar-refractivity contribution in [1.82, 2.24) is 4.90 Å². The highest BCUT2D eigenvalue weighted by Gasteiger charge is 2.10. The molecule has 1 aliphatic rings. The van der Waals surface area contributed by atoms with Crippen LogP contribution in [0, 0.1) is 17.0 Å². The number of non-ortho nitro benzene ring substituents is 1. The van der Waals surface area contributed by atoms with Crippen LogP contribution in [0.2, 0.25) is 0 Å². The van der Waals surface area contributed by atoms with Gasteiger partial charge in [0.15, 0.2) is 0 Å². The number of hydrogen-bond acceptors (Lipinski definition) is 5. The molecule has 6 heteroatoms. The van der Waals surface area contributed by atoms with Crippen molar-refractivity contribution in [3.05, 3.63) is 33.9 Å². The van der Waals surface area contributed by atoms with Crippen LogP contribution in [0.25, 0.3) is 0 Å². The number of morpholine rings is 1. The first-order valence-corrected chi connectivity index (χ1v) is 6.96. The van der Waals surface area contributed by atoms with Crippen molar-refractivity contribution in [1.29, 1.82) is 0 Å². The minimum atomic E-state index is -0.363. The molecule has 0 bridgehead atoms. The van der Waals surface area contributed by atoms with E-state index in [0.29, 0.717) is 0 Å². The molecule has 0 amide bonds. The highest BCUT2D eigenvalue weighted by Crippen LogP contribution is 2.21. The summed E-state index contributed by atoms with van der Waals surface area (Å²) in [6, 6.07) is 4.92. The predicted molar refractivity (Wildman–Crippen MR) is 78.2 cm³/mol. The van der Waals surface area contributed by atoms with Crippen LogP contribution in [0.1, 0.15) is 12.0 Å². The first-order chi connectivity index (χ1) is 9.66. The Hall–Kier alpha value is -1.66. The molecule has 0 aliphatic carbocycles. The minimum Gasteiger partial charge on any atom is -0.385 e. The van der Waals surface area contributed by atoms with Crippen molar-refractivity contribution in [2.75, 3.05) is 44.7 Å². The van der Waals surface area contributed by atoms with E-state index in [-0.39, 0.29) is 10.6 Å². The average Bonchev–Trinajstić information content (AvgIpc) is 2.46. The van der Waals surface area contributed by atoms with Gasteiger partial charge in [-0.1, -0.05) is 6.07 Å². The number of nitrogens with zero attached hydrogens (tertiary/aromatic N) is 2. The monoisotopic (exact) mass is 279 g/mol. The molecule has 1 aromatic rings. The van der Waals surface area contributed by atoms with E-state index in [4.69, 9.17) is 4.74 Å². The third-order valence-corrected chi connectivity index (χ3v) is 3.50. The summed E-state index contributed by atoms with van der Waals surface area (Å²) in [6.07, 6.45) is 1.02. The lowest BCUT2D eigenvalue weighted by Crippen LogP contribution is -2.37. The number of anilines is 1. The Kier molecular flexibility index (Phi) is 5.31. The molecule has 1 saturated heterocycles. The smallest absolute Gasteiger partial charge is 0.271 e. The van der Waals surface area contributed by atoms with Gasteiger partial charge in [0.1, 0.15) is 0 Å². The first kappa shape index (κ1) is 14.7. The van der Waals surface area contributed by atoms with Crippen LogP contribution in [0.4, 0.5) is 11.4 Å². The van der Waals surface area contributed by atoms with Crippen molar-refractivity contribution in [3.63, 3.8) is 0 Å². The van der Waals surface area contributed by atoms with Gasteiger partial charge < -0.3 is 10.1 Å². The number of nitrogens with one attached hydrogen (secondary N) is 1. The second-order valence-corrected chi connectivity index (χ2v) is 4.99. The van der Waals surface area contributed by atoms with Crippen molar-refractivity contribution in [3.8, 4) is 0 Å². The number of hydrogen-bond donors (Lipinski definition) is 1. The molecule has 1 N–H and O–H groups in total. The first-order valence-electron chi connectivity index (χ1n) is 6.96. The second-order valence-electron chi connectivity index (χ2n) is 4.99. The van der Waals surface area contributed by atoms with Gasteiger partial charge in [-0.05, 0) is 25.5 Å². The molecular weight excluding hydrogens is 258 g/mol. The number of aryl methyl sites for hydroxylation is 1. The Balaban J connectivity index is 1.78. The number of benzene rings is 1. The molecule has 20 heavy (non-hydrogen) atoms. The third-order valence-electron chi connectivity index (χ3n) is 3.50. The van der Waals surface area contributed by atoms with Crippen LogP contribution >= 0.6 is 0 Å². The fraction of sp³-hybridized carbons (Fsp3) is 0.571. The summed E-state index contributed by atoms with van der Waals surface area (Å²) in [5, 5.41) is 14.0. The van der Waals surface area contributed by atoms with Gasteiger partial charge in [0.2, 0.25) is 0 Å². The summed E-state index contributed by atoms with van der Waals surface area (Å²) in [5.41, 5.74) is 2.01. The van der Waals surface area contributed by atoms with Crippen molar-refractivity contribution in [2.45, 2.75) is 13.3 Å². The van der Waals surface area contributed by atoms with E-state index in [1.54, 1.807) is 12.1 Å². The second kappa shape index (κ2) is 7.21. The van der Waals surface area contributed by atoms with Crippen LogP contribution < -0.4 is 5.32 Å². The van der Waals surface area contributed by atoms with Crippen LogP contribution in [-0.2, 0) is 4.74 Å². The van der Waals surface area contributed by atoms with Crippen LogP contribution in [-0.4, -0.2) is 49.2 Å². The standard InChI is InChI=1S/C14H21N3O3/c1-12-3-4-13(17(18)19)11-14(12)15-5-2-6-16-7-9-20-10-8-16/h3-4,11,15H,2,5-10H2,1H3. The molecule has 0 saturated carbocycles. The molecule has 110 valence electrons. The highest BCUT2D eigenvalue weighted by molar-refractivity contribution is 5.56. The summed E-state index contributed by atoms with van der Waals surface area (Å²) < 4.78 is 5.31. The molecule has 6 nitrogen and oxygen atoms in total. The zero-order valence-corrected chi connectivity index (χ0v) is 11.8. The van der Waals surface area contributed by atoms with Crippen LogP contribution in [0.3, 0.4) is 0 Å². The van der Waals surface area contributed by atoms with Gasteiger partial charge in [-0.3, -0.25) is 15.0 Å². The van der Waals surface area contributed by atoms with Gasteiger partial charge in [-0.15, -0.1) is 0 Å². The summed E-state index contributed by atoms with van der Waals surface area (Å²) in [5.74, 6) is 0. The Morgan fingerprint density at radius 2 is 2.15 bits per heavy atom. The molecule has 0 spiro atoms. The van der Waals surface area contributed by atoms with Gasteiger partial charge in [0, 0.05) is 37.5 Å². The maximum atomic E-state index is 10.8. The fourth-order valence-corrected chi connectivity index (χ4v) is 2.26. The van der Waals surface area contributed by atoms with E-state index < -0.39 is 0 Å². The van der Waals surface area contributed by atoms with Gasteiger partial charge in [-0.25, -0.2) is 0 Å². The lowest BCUT2D eigenvalue weighted by molar-refractivity contribution is -0.384. The van der Waals surface area contributed by atoms with Crippen molar-refractivity contribution < 1.29 is 9.66 Å². The van der Waals surface area contributed by atoms with E-state index in [1.165, 1.54) is 6.07 Å². The summed E-state index contributed by atoms with van der Waals surface area (Å²) in [7, 11) is 0. The number of rotatable bonds is 6. The zero-order valence-electron chi connectivity index (χ0n) is 11.8. The van der Waals surface area contributed by atoms with Crippen molar-refractivity contribution in [2.24, 2.45) is 0 Å². The minimum absolute atomic E-state index is 0.131. The lowest BCUT2D eigenvalue weighted by atomic mass is 10.2. The highest BCUT2D eigenvalue weighted by atomic mass is 16.6. The van der Waals surface area contributed by atoms with E-state index in [0.717, 1.165) is 57.1 Å². The summed E-state index contributed by atoms with van der Waals surface area (Å²) >= 11 is 0. The fourth-order valence-electron chi connectivity index (χ4n) is 2.26. The molecule has 0 radical (unpaired) electrons. The quantitative estimate of drug-likeness (QED) is 0.490. The molecular formula is C14H21N3O3. The summed E-state index contributed by atoms with van der Waals surface area (Å²) in [6.45, 7) is 7.43. The molecule has 1 heterocycles. The molecule has 1 aromatic carbocycles. The molecule has 0 aromatic heterocycles. The van der Waals surface area contributed by atoms with Gasteiger partial charge in [0.05, 0.1) is 18.1 Å². The van der Waals surface area contributed by atoms with E-state index >= 15 is 0 Å². The van der Waals surface area contributed by atoms with Crippen LogP contribution in [0.15, 0.2) is 18.2 Å². The maximum absolute atomic E-state index is 10.8. The van der Waals surface area contributed by atoms with Gasteiger partial charge in [0.25, 0.3) is 5.69 Å². The molecule has 0 unspecified atom stereocenters. The normalized spacial score (nSPS) is 16.1. The van der Waals surface area contributed by atoms with Gasteiger partial charge >= 0.3 is 0 Å². The van der Waals surface area contributed by atoms with Crippen LogP contribution in [0.5, 0.6) is 0 Å².